The molecule has 2 heterocycles. The summed E-state index contributed by atoms with van der Waals surface area (Å²) in [7, 11) is 0. The van der Waals surface area contributed by atoms with Gasteiger partial charge in [0.25, 0.3) is 0 Å². The van der Waals surface area contributed by atoms with E-state index in [-0.39, 0.29) is 26.4 Å². The van der Waals surface area contributed by atoms with Crippen LogP contribution in [0.1, 0.15) is 17.3 Å². The Morgan fingerprint density at radius 2 is 2.50 bits per heavy atom. The minimum atomic E-state index is -0.265. The number of nitrogens with zero attached hydrogens (tertiary/aromatic N) is 1. The number of hydrogen-bond acceptors (Lipinski definition) is 3. The van der Waals surface area contributed by atoms with E-state index in [0.29, 0.717) is 12.2 Å². The van der Waals surface area contributed by atoms with Crippen LogP contribution in [0.25, 0.3) is 4.83 Å². The van der Waals surface area contributed by atoms with Crippen LogP contribution in [-0.2, 0) is 25.2 Å². The van der Waals surface area contributed by atoms with Gasteiger partial charge in [-0.2, -0.15) is 5.38 Å². The van der Waals surface area contributed by atoms with Crippen LogP contribution < -0.4 is 0 Å². The van der Waals surface area contributed by atoms with E-state index < -0.39 is 0 Å². The van der Waals surface area contributed by atoms with Gasteiger partial charge < -0.3 is 20.5 Å². The molecule has 2 aromatic rings. The van der Waals surface area contributed by atoms with Gasteiger partial charge in [0.1, 0.15) is 0 Å². The summed E-state index contributed by atoms with van der Waals surface area (Å²) in [6.45, 7) is 2.21. The number of aromatic nitrogens is 1. The maximum atomic E-state index is 11.3. The first kappa shape index (κ1) is 11.4. The van der Waals surface area contributed by atoms with Crippen LogP contribution in [0.5, 0.6) is 0 Å². The maximum absolute atomic E-state index is 11.3. The normalized spacial score (nSPS) is 9.79. The monoisotopic (exact) mass is 381 g/mol. The number of esters is 1. The van der Waals surface area contributed by atoms with E-state index in [4.69, 9.17) is 4.74 Å². The molecule has 0 aliphatic carbocycles. The second-order valence-corrected chi connectivity index (χ2v) is 3.40. The van der Waals surface area contributed by atoms with Crippen molar-refractivity contribution in [3.63, 3.8) is 0 Å². The Labute approximate surface area is 99.3 Å². The average molecular weight is 380 g/mol. The zero-order chi connectivity index (χ0) is 9.26. The van der Waals surface area contributed by atoms with Crippen molar-refractivity contribution < 1.29 is 30.0 Å². The predicted octanol–water partition coefficient (Wildman–Crippen LogP) is 1.98. The fourth-order valence-corrected chi connectivity index (χ4v) is 1.79. The third-order valence-electron chi connectivity index (χ3n) is 1.68. The van der Waals surface area contributed by atoms with Gasteiger partial charge in [-0.1, -0.05) is 17.1 Å². The minimum absolute atomic E-state index is 0. The van der Waals surface area contributed by atoms with Crippen LogP contribution in [0.2, 0.25) is 0 Å². The number of rotatable bonds is 2. The molecule has 0 aliphatic heterocycles. The second kappa shape index (κ2) is 4.74. The van der Waals surface area contributed by atoms with Crippen molar-refractivity contribution >= 4 is 22.1 Å². The van der Waals surface area contributed by atoms with Crippen LogP contribution >= 0.6 is 11.3 Å². The Kier molecular flexibility index (Phi) is 3.88. The van der Waals surface area contributed by atoms with Crippen LogP contribution in [0.4, 0.5) is 0 Å². The fourth-order valence-electron chi connectivity index (χ4n) is 1.11. The number of ether oxygens (including phenoxy) is 1. The molecule has 0 aliphatic rings. The number of thiazole rings is 1. The van der Waals surface area contributed by atoms with Crippen molar-refractivity contribution in [2.75, 3.05) is 6.61 Å². The predicted molar refractivity (Wildman–Crippen MR) is 50.1 cm³/mol. The number of hydrogen-bond donors (Lipinski definition) is 0. The first-order chi connectivity index (χ1) is 6.31. The summed E-state index contributed by atoms with van der Waals surface area (Å²) in [4.78, 5) is 12.3. The van der Waals surface area contributed by atoms with E-state index in [2.05, 4.69) is 5.38 Å². The van der Waals surface area contributed by atoms with Gasteiger partial charge in [0.2, 0.25) is 0 Å². The molecule has 0 spiro atoms. The molecule has 75 valence electrons. The average Bonchev–Trinajstić information content (AvgIpc) is 2.61. The van der Waals surface area contributed by atoms with Crippen molar-refractivity contribution in [1.82, 2.24) is 4.40 Å². The molecule has 5 heteroatoms. The van der Waals surface area contributed by atoms with Crippen molar-refractivity contribution in [3.05, 3.63) is 29.4 Å². The molecular formula is C9H8NO2ReS-. The van der Waals surface area contributed by atoms with Crippen molar-refractivity contribution in [2.45, 2.75) is 6.92 Å². The Hall–Kier alpha value is -0.628. The zero-order valence-electron chi connectivity index (χ0n) is 7.49. The van der Waals surface area contributed by atoms with Gasteiger partial charge in [-0.25, -0.2) is 4.79 Å². The van der Waals surface area contributed by atoms with E-state index in [1.807, 2.05) is 4.40 Å². The molecule has 0 amide bonds. The topological polar surface area (TPSA) is 30.7 Å². The molecule has 0 atom stereocenters. The molecule has 2 rings (SSSR count). The molecule has 1 radical (unpaired) electrons. The van der Waals surface area contributed by atoms with Crippen LogP contribution in [-0.4, -0.2) is 17.0 Å². The summed E-state index contributed by atoms with van der Waals surface area (Å²) in [5, 5.41) is 2.97. The molecule has 0 aromatic carbocycles. The van der Waals surface area contributed by atoms with E-state index in [1.54, 1.807) is 25.4 Å². The Bertz CT molecular complexity index is 406. The van der Waals surface area contributed by atoms with E-state index in [9.17, 15) is 4.79 Å². The first-order valence-electron chi connectivity index (χ1n) is 3.96. The van der Waals surface area contributed by atoms with Gasteiger partial charge in [0.05, 0.1) is 12.2 Å². The fraction of sp³-hybridized carbons (Fsp3) is 0.222. The minimum Gasteiger partial charge on any atom is -0.462 e. The van der Waals surface area contributed by atoms with Crippen molar-refractivity contribution in [3.8, 4) is 0 Å². The van der Waals surface area contributed by atoms with Crippen LogP contribution in [0.3, 0.4) is 0 Å². The zero-order valence-corrected chi connectivity index (χ0v) is 11.0. The molecule has 0 saturated heterocycles. The summed E-state index contributed by atoms with van der Waals surface area (Å²) in [6, 6.07) is 1.80. The summed E-state index contributed by atoms with van der Waals surface area (Å²) >= 11 is 1.47. The standard InChI is InChI=1S/C9H8NO2S.Re/c1-2-12-9(11)7-5-8-10(6-7)3-4-13-8;/h3,5-6H,2H2,1H3;/q-1;. The summed E-state index contributed by atoms with van der Waals surface area (Å²) in [6.07, 6.45) is 3.54. The quantitative estimate of drug-likeness (QED) is 0.589. The maximum Gasteiger partial charge on any atom is 0.338 e. The van der Waals surface area contributed by atoms with Crippen LogP contribution in [0.15, 0.2) is 18.5 Å². The van der Waals surface area contributed by atoms with Gasteiger partial charge in [-0.15, -0.1) is 0 Å². The van der Waals surface area contributed by atoms with Gasteiger partial charge in [0.15, 0.2) is 0 Å². The molecule has 0 unspecified atom stereocenters. The Balaban J connectivity index is 0.000000980. The van der Waals surface area contributed by atoms with Gasteiger partial charge >= 0.3 is 5.97 Å². The molecule has 0 N–H and O–H groups in total. The number of fused-ring (bicyclic) bond motifs is 1. The number of carbonyl (C=O) groups is 1. The SMILES string of the molecule is CCOC(=O)c1cc2s[c-]cn2c1.[Re]. The molecular weight excluding hydrogens is 372 g/mol. The summed E-state index contributed by atoms with van der Waals surface area (Å²) in [5.41, 5.74) is 0.599. The molecule has 3 nitrogen and oxygen atoms in total. The molecule has 0 bridgehead atoms. The smallest absolute Gasteiger partial charge is 0.338 e. The van der Waals surface area contributed by atoms with E-state index in [1.165, 1.54) is 11.3 Å². The Morgan fingerprint density at radius 3 is 3.14 bits per heavy atom. The first-order valence-corrected chi connectivity index (χ1v) is 4.77. The van der Waals surface area contributed by atoms with Gasteiger partial charge in [-0.3, -0.25) is 0 Å². The largest absolute Gasteiger partial charge is 0.462 e. The molecule has 0 saturated carbocycles. The summed E-state index contributed by atoms with van der Waals surface area (Å²) < 4.78 is 6.73. The van der Waals surface area contributed by atoms with Crippen LogP contribution in [0, 0.1) is 5.38 Å². The number of carbonyl (C=O) groups excluding carboxylic acids is 1. The third-order valence-corrected chi connectivity index (χ3v) is 2.44. The van der Waals surface area contributed by atoms with Crippen molar-refractivity contribution in [2.24, 2.45) is 0 Å². The van der Waals surface area contributed by atoms with E-state index >= 15 is 0 Å². The van der Waals surface area contributed by atoms with Crippen molar-refractivity contribution in [1.29, 1.82) is 0 Å². The molecule has 0 fully saturated rings. The summed E-state index contributed by atoms with van der Waals surface area (Å²) in [5.74, 6) is -0.265. The van der Waals surface area contributed by atoms with E-state index in [0.717, 1.165) is 4.83 Å². The second-order valence-electron chi connectivity index (χ2n) is 2.54. The molecule has 14 heavy (non-hydrogen) atoms. The van der Waals surface area contributed by atoms with Gasteiger partial charge in [-0.05, 0) is 6.92 Å². The van der Waals surface area contributed by atoms with Gasteiger partial charge in [0, 0.05) is 26.6 Å². The molecule has 2 aromatic heterocycles. The third kappa shape index (κ3) is 2.06. The Morgan fingerprint density at radius 1 is 1.71 bits per heavy atom.